The van der Waals surface area contributed by atoms with Gasteiger partial charge in [0, 0.05) is 0 Å². The van der Waals surface area contributed by atoms with E-state index in [4.69, 9.17) is 5.11 Å². The Hall–Kier alpha value is -1.91. The molecule has 2 N–H and O–H groups in total. The van der Waals surface area contributed by atoms with E-state index in [0.29, 0.717) is 12.0 Å². The first-order valence-corrected chi connectivity index (χ1v) is 7.08. The molecule has 1 rings (SSSR count). The molecular formula is C16H22FNO3. The van der Waals surface area contributed by atoms with Gasteiger partial charge in [-0.15, -0.1) is 0 Å². The lowest BCUT2D eigenvalue weighted by atomic mass is 9.83. The lowest BCUT2D eigenvalue weighted by Crippen LogP contribution is -2.48. The van der Waals surface area contributed by atoms with Gasteiger partial charge in [-0.3, -0.25) is 4.79 Å². The Kier molecular flexibility index (Phi) is 5.88. The van der Waals surface area contributed by atoms with Crippen molar-refractivity contribution in [2.24, 2.45) is 0 Å². The molecule has 0 bridgehead atoms. The van der Waals surface area contributed by atoms with E-state index < -0.39 is 29.2 Å². The van der Waals surface area contributed by atoms with Crippen LogP contribution < -0.4 is 5.32 Å². The number of nitrogens with one attached hydrogen (secondary N) is 1. The van der Waals surface area contributed by atoms with E-state index in [1.807, 2.05) is 6.92 Å². The SMILES string of the molecule is CCCC[C@H](NC(=O)C(C)(C)c1cccc(F)c1)C(=O)O. The molecule has 1 aromatic rings. The number of hydrogen-bond acceptors (Lipinski definition) is 2. The number of halogens is 1. The van der Waals surface area contributed by atoms with E-state index in [9.17, 15) is 14.0 Å². The average Bonchev–Trinajstić information content (AvgIpc) is 2.42. The Morgan fingerprint density at radius 1 is 1.38 bits per heavy atom. The third-order valence-corrected chi connectivity index (χ3v) is 3.56. The van der Waals surface area contributed by atoms with Crippen LogP contribution >= 0.6 is 0 Å². The number of carboxylic acids is 1. The van der Waals surface area contributed by atoms with Gasteiger partial charge in [-0.25, -0.2) is 9.18 Å². The Morgan fingerprint density at radius 3 is 2.57 bits per heavy atom. The number of benzene rings is 1. The molecule has 0 aliphatic carbocycles. The summed E-state index contributed by atoms with van der Waals surface area (Å²) in [6, 6.07) is 4.88. The molecule has 0 heterocycles. The Labute approximate surface area is 124 Å². The fourth-order valence-corrected chi connectivity index (χ4v) is 2.01. The molecule has 1 aromatic carbocycles. The summed E-state index contributed by atoms with van der Waals surface area (Å²) in [5.41, 5.74) is -0.484. The average molecular weight is 295 g/mol. The highest BCUT2D eigenvalue weighted by Crippen LogP contribution is 2.24. The van der Waals surface area contributed by atoms with Crippen LogP contribution in [0, 0.1) is 5.82 Å². The quantitative estimate of drug-likeness (QED) is 0.813. The van der Waals surface area contributed by atoms with Crippen molar-refractivity contribution in [3.63, 3.8) is 0 Å². The summed E-state index contributed by atoms with van der Waals surface area (Å²) in [6.07, 6.45) is 1.96. The highest BCUT2D eigenvalue weighted by molar-refractivity contribution is 5.90. The van der Waals surface area contributed by atoms with Crippen molar-refractivity contribution in [2.75, 3.05) is 0 Å². The van der Waals surface area contributed by atoms with Gasteiger partial charge in [-0.2, -0.15) is 0 Å². The van der Waals surface area contributed by atoms with Crippen LogP contribution in [-0.4, -0.2) is 23.0 Å². The monoisotopic (exact) mass is 295 g/mol. The molecule has 0 radical (unpaired) electrons. The van der Waals surface area contributed by atoms with Gasteiger partial charge in [-0.05, 0) is 38.0 Å². The van der Waals surface area contributed by atoms with E-state index in [1.54, 1.807) is 19.9 Å². The summed E-state index contributed by atoms with van der Waals surface area (Å²) < 4.78 is 13.3. The minimum atomic E-state index is -1.05. The van der Waals surface area contributed by atoms with Crippen LogP contribution in [0.25, 0.3) is 0 Å². The number of hydrogen-bond donors (Lipinski definition) is 2. The van der Waals surface area contributed by atoms with Crippen molar-refractivity contribution < 1.29 is 19.1 Å². The zero-order chi connectivity index (χ0) is 16.0. The van der Waals surface area contributed by atoms with Crippen molar-refractivity contribution in [1.82, 2.24) is 5.32 Å². The van der Waals surface area contributed by atoms with Gasteiger partial charge in [0.1, 0.15) is 11.9 Å². The van der Waals surface area contributed by atoms with Crippen molar-refractivity contribution >= 4 is 11.9 Å². The predicted octanol–water partition coefficient (Wildman–Crippen LogP) is 2.86. The maximum atomic E-state index is 13.3. The first-order chi connectivity index (χ1) is 9.78. The van der Waals surface area contributed by atoms with E-state index in [0.717, 1.165) is 12.8 Å². The smallest absolute Gasteiger partial charge is 0.326 e. The maximum absolute atomic E-state index is 13.3. The molecule has 0 spiro atoms. The molecule has 1 amide bonds. The molecule has 0 unspecified atom stereocenters. The molecule has 0 aromatic heterocycles. The topological polar surface area (TPSA) is 66.4 Å². The lowest BCUT2D eigenvalue weighted by Gasteiger charge is -2.26. The maximum Gasteiger partial charge on any atom is 0.326 e. The minimum absolute atomic E-state index is 0.386. The Morgan fingerprint density at radius 2 is 2.05 bits per heavy atom. The number of amides is 1. The van der Waals surface area contributed by atoms with Crippen LogP contribution in [-0.2, 0) is 15.0 Å². The zero-order valence-electron chi connectivity index (χ0n) is 12.6. The van der Waals surface area contributed by atoms with Gasteiger partial charge >= 0.3 is 5.97 Å². The van der Waals surface area contributed by atoms with Crippen LogP contribution in [0.3, 0.4) is 0 Å². The van der Waals surface area contributed by atoms with Crippen LogP contribution in [0.2, 0.25) is 0 Å². The van der Waals surface area contributed by atoms with Gasteiger partial charge < -0.3 is 10.4 Å². The minimum Gasteiger partial charge on any atom is -0.480 e. The number of carbonyl (C=O) groups excluding carboxylic acids is 1. The Balaban J connectivity index is 2.87. The molecule has 116 valence electrons. The van der Waals surface area contributed by atoms with E-state index >= 15 is 0 Å². The molecule has 0 saturated carbocycles. The zero-order valence-corrected chi connectivity index (χ0v) is 12.6. The first-order valence-electron chi connectivity index (χ1n) is 7.08. The molecular weight excluding hydrogens is 273 g/mol. The molecule has 0 fully saturated rings. The molecule has 5 heteroatoms. The summed E-state index contributed by atoms with van der Waals surface area (Å²) in [5, 5.41) is 11.7. The number of aliphatic carboxylic acids is 1. The van der Waals surface area contributed by atoms with Gasteiger partial charge in [0.15, 0.2) is 0 Å². The summed E-state index contributed by atoms with van der Waals surface area (Å²) in [7, 11) is 0. The van der Waals surface area contributed by atoms with E-state index in [-0.39, 0.29) is 0 Å². The molecule has 0 aliphatic heterocycles. The standard InChI is InChI=1S/C16H22FNO3/c1-4-5-9-13(14(19)20)18-15(21)16(2,3)11-7-6-8-12(17)10-11/h6-8,10,13H,4-5,9H2,1-3H3,(H,18,21)(H,19,20)/t13-/m0/s1. The molecule has 0 aliphatic rings. The fraction of sp³-hybridized carbons (Fsp3) is 0.500. The summed E-state index contributed by atoms with van der Waals surface area (Å²) in [5.74, 6) is -1.89. The van der Waals surface area contributed by atoms with Crippen molar-refractivity contribution in [2.45, 2.75) is 51.5 Å². The van der Waals surface area contributed by atoms with Crippen molar-refractivity contribution in [3.05, 3.63) is 35.6 Å². The van der Waals surface area contributed by atoms with Gasteiger partial charge in [0.25, 0.3) is 0 Å². The number of rotatable bonds is 7. The molecule has 4 nitrogen and oxygen atoms in total. The Bertz CT molecular complexity index is 514. The van der Waals surface area contributed by atoms with Gasteiger partial charge in [-0.1, -0.05) is 31.9 Å². The second-order valence-corrected chi connectivity index (χ2v) is 5.64. The lowest BCUT2D eigenvalue weighted by molar-refractivity contribution is -0.142. The largest absolute Gasteiger partial charge is 0.480 e. The third kappa shape index (κ3) is 4.55. The third-order valence-electron chi connectivity index (χ3n) is 3.56. The molecule has 1 atom stereocenters. The van der Waals surface area contributed by atoms with Crippen LogP contribution in [0.5, 0.6) is 0 Å². The summed E-state index contributed by atoms with van der Waals surface area (Å²) in [4.78, 5) is 23.5. The summed E-state index contributed by atoms with van der Waals surface area (Å²) in [6.45, 7) is 5.25. The van der Waals surface area contributed by atoms with E-state index in [1.165, 1.54) is 18.2 Å². The van der Waals surface area contributed by atoms with Gasteiger partial charge in [0.2, 0.25) is 5.91 Å². The fourth-order valence-electron chi connectivity index (χ4n) is 2.01. The van der Waals surface area contributed by atoms with E-state index in [2.05, 4.69) is 5.32 Å². The highest BCUT2D eigenvalue weighted by Gasteiger charge is 2.33. The first kappa shape index (κ1) is 17.1. The normalized spacial score (nSPS) is 12.8. The molecule has 0 saturated heterocycles. The predicted molar refractivity (Wildman–Crippen MR) is 78.5 cm³/mol. The van der Waals surface area contributed by atoms with Crippen LogP contribution in [0.1, 0.15) is 45.6 Å². The van der Waals surface area contributed by atoms with Crippen molar-refractivity contribution in [1.29, 1.82) is 0 Å². The number of carboxylic acid groups (broad SMARTS) is 1. The van der Waals surface area contributed by atoms with Crippen molar-refractivity contribution in [3.8, 4) is 0 Å². The highest BCUT2D eigenvalue weighted by atomic mass is 19.1. The second kappa shape index (κ2) is 7.20. The summed E-state index contributed by atoms with van der Waals surface area (Å²) >= 11 is 0. The van der Waals surface area contributed by atoms with Crippen LogP contribution in [0.15, 0.2) is 24.3 Å². The molecule has 21 heavy (non-hydrogen) atoms. The number of unbranched alkanes of at least 4 members (excludes halogenated alkanes) is 1. The van der Waals surface area contributed by atoms with Crippen LogP contribution in [0.4, 0.5) is 4.39 Å². The second-order valence-electron chi connectivity index (χ2n) is 5.64. The van der Waals surface area contributed by atoms with Gasteiger partial charge in [0.05, 0.1) is 5.41 Å². The number of carbonyl (C=O) groups is 2.